The standard InChI is InChI=1S/C18H15FN2O2/c1-3-18(22)23-16-7-4-14(5-8-16)11-20-21-12-15-6-9-17(19)13(2)10-15/h3-12H,1H2,2H3/b20-11+,21-12+. The van der Waals surface area contributed by atoms with Crippen molar-refractivity contribution < 1.29 is 13.9 Å². The molecule has 0 aliphatic heterocycles. The SMILES string of the molecule is C=CC(=O)Oc1ccc(/C=N/N=C/c2ccc(F)c(C)c2)cc1. The Bertz CT molecular complexity index is 765. The van der Waals surface area contributed by atoms with Crippen molar-refractivity contribution in [2.75, 3.05) is 0 Å². The van der Waals surface area contributed by atoms with Crippen LogP contribution in [0.25, 0.3) is 0 Å². The number of hydrogen-bond donors (Lipinski definition) is 0. The van der Waals surface area contributed by atoms with Crippen LogP contribution in [0.5, 0.6) is 5.75 Å². The van der Waals surface area contributed by atoms with Crippen LogP contribution in [0.15, 0.2) is 65.3 Å². The van der Waals surface area contributed by atoms with Crippen LogP contribution >= 0.6 is 0 Å². The highest BCUT2D eigenvalue weighted by molar-refractivity contribution is 5.84. The molecule has 116 valence electrons. The lowest BCUT2D eigenvalue weighted by molar-refractivity contribution is -0.128. The zero-order chi connectivity index (χ0) is 16.7. The van der Waals surface area contributed by atoms with E-state index >= 15 is 0 Å². The summed E-state index contributed by atoms with van der Waals surface area (Å²) in [6, 6.07) is 11.5. The van der Waals surface area contributed by atoms with Crippen LogP contribution in [0.4, 0.5) is 4.39 Å². The number of rotatable bonds is 5. The average Bonchev–Trinajstić information content (AvgIpc) is 2.56. The monoisotopic (exact) mass is 310 g/mol. The number of nitrogens with zero attached hydrogens (tertiary/aromatic N) is 2. The summed E-state index contributed by atoms with van der Waals surface area (Å²) in [7, 11) is 0. The van der Waals surface area contributed by atoms with E-state index in [1.165, 1.54) is 6.07 Å². The third kappa shape index (κ3) is 5.00. The van der Waals surface area contributed by atoms with Crippen molar-refractivity contribution in [2.45, 2.75) is 6.92 Å². The molecule has 5 heteroatoms. The summed E-state index contributed by atoms with van der Waals surface area (Å²) in [5.74, 6) is -0.328. The molecular weight excluding hydrogens is 295 g/mol. The van der Waals surface area contributed by atoms with E-state index in [0.29, 0.717) is 11.3 Å². The first-order valence-corrected chi connectivity index (χ1v) is 6.85. The third-order valence-corrected chi connectivity index (χ3v) is 2.93. The molecule has 0 bridgehead atoms. The van der Waals surface area contributed by atoms with Crippen molar-refractivity contribution in [1.29, 1.82) is 0 Å². The van der Waals surface area contributed by atoms with E-state index in [9.17, 15) is 9.18 Å². The Labute approximate surface area is 133 Å². The Kier molecular flexibility index (Phi) is 5.52. The van der Waals surface area contributed by atoms with E-state index in [4.69, 9.17) is 4.74 Å². The van der Waals surface area contributed by atoms with E-state index in [1.54, 1.807) is 55.8 Å². The second kappa shape index (κ2) is 7.79. The molecule has 23 heavy (non-hydrogen) atoms. The van der Waals surface area contributed by atoms with E-state index in [1.807, 2.05) is 0 Å². The van der Waals surface area contributed by atoms with Crippen LogP contribution in [0.2, 0.25) is 0 Å². The number of carbonyl (C=O) groups is 1. The fourth-order valence-electron chi connectivity index (χ4n) is 1.73. The first kappa shape index (κ1) is 16.3. The van der Waals surface area contributed by atoms with Gasteiger partial charge < -0.3 is 4.74 Å². The van der Waals surface area contributed by atoms with Crippen molar-refractivity contribution in [1.82, 2.24) is 0 Å². The molecule has 0 radical (unpaired) electrons. The molecule has 4 nitrogen and oxygen atoms in total. The Morgan fingerprint density at radius 2 is 1.70 bits per heavy atom. The lowest BCUT2D eigenvalue weighted by atomic mass is 10.1. The summed E-state index contributed by atoms with van der Waals surface area (Å²) in [6.07, 6.45) is 4.20. The van der Waals surface area contributed by atoms with Crippen molar-refractivity contribution in [3.05, 3.63) is 77.6 Å². The largest absolute Gasteiger partial charge is 0.423 e. The Balaban J connectivity index is 1.97. The third-order valence-electron chi connectivity index (χ3n) is 2.93. The number of ether oxygens (including phenoxy) is 1. The molecule has 2 rings (SSSR count). The van der Waals surface area contributed by atoms with E-state index in [-0.39, 0.29) is 5.82 Å². The normalized spacial score (nSPS) is 11.0. The number of aryl methyl sites for hydroxylation is 1. The van der Waals surface area contributed by atoms with Crippen molar-refractivity contribution in [2.24, 2.45) is 10.2 Å². The number of hydrogen-bond acceptors (Lipinski definition) is 4. The molecule has 0 amide bonds. The molecule has 0 saturated carbocycles. The summed E-state index contributed by atoms with van der Waals surface area (Å²) < 4.78 is 18.1. The topological polar surface area (TPSA) is 51.0 Å². The number of esters is 1. The van der Waals surface area contributed by atoms with Gasteiger partial charge in [-0.15, -0.1) is 0 Å². The fraction of sp³-hybridized carbons (Fsp3) is 0.0556. The lowest BCUT2D eigenvalue weighted by Gasteiger charge is -2.00. The molecule has 0 aliphatic carbocycles. The van der Waals surface area contributed by atoms with Gasteiger partial charge in [0.15, 0.2) is 0 Å². The van der Waals surface area contributed by atoms with Crippen LogP contribution in [0.3, 0.4) is 0 Å². The van der Waals surface area contributed by atoms with Gasteiger partial charge in [0.1, 0.15) is 11.6 Å². The second-order valence-electron chi connectivity index (χ2n) is 4.69. The number of carbonyl (C=O) groups excluding carboxylic acids is 1. The van der Waals surface area contributed by atoms with Crippen LogP contribution in [-0.2, 0) is 4.79 Å². The smallest absolute Gasteiger partial charge is 0.335 e. The molecule has 0 N–H and O–H groups in total. The van der Waals surface area contributed by atoms with Gasteiger partial charge in [-0.25, -0.2) is 9.18 Å². The molecule has 0 unspecified atom stereocenters. The summed E-state index contributed by atoms with van der Waals surface area (Å²) in [6.45, 7) is 5.02. The van der Waals surface area contributed by atoms with Crippen molar-refractivity contribution in [3.8, 4) is 5.75 Å². The highest BCUT2D eigenvalue weighted by Crippen LogP contribution is 2.11. The Hall–Kier alpha value is -3.08. The van der Waals surface area contributed by atoms with Crippen molar-refractivity contribution in [3.63, 3.8) is 0 Å². The molecule has 0 saturated heterocycles. The summed E-state index contributed by atoms with van der Waals surface area (Å²) >= 11 is 0. The van der Waals surface area contributed by atoms with Crippen LogP contribution in [0.1, 0.15) is 16.7 Å². The first-order valence-electron chi connectivity index (χ1n) is 6.85. The second-order valence-corrected chi connectivity index (χ2v) is 4.69. The zero-order valence-electron chi connectivity index (χ0n) is 12.6. The molecule has 0 atom stereocenters. The van der Waals surface area contributed by atoms with Gasteiger partial charge in [0.2, 0.25) is 0 Å². The van der Waals surface area contributed by atoms with Gasteiger partial charge in [0, 0.05) is 6.08 Å². The maximum Gasteiger partial charge on any atom is 0.335 e. The lowest BCUT2D eigenvalue weighted by Crippen LogP contribution is -2.02. The van der Waals surface area contributed by atoms with Gasteiger partial charge in [-0.05, 0) is 60.0 Å². The molecule has 0 spiro atoms. The van der Waals surface area contributed by atoms with Gasteiger partial charge in [-0.1, -0.05) is 12.6 Å². The molecule has 0 aliphatic rings. The minimum Gasteiger partial charge on any atom is -0.423 e. The van der Waals surface area contributed by atoms with Crippen molar-refractivity contribution >= 4 is 18.4 Å². The summed E-state index contributed by atoms with van der Waals surface area (Å²) in [5, 5.41) is 7.84. The van der Waals surface area contributed by atoms with Crippen LogP contribution < -0.4 is 4.74 Å². The molecule has 0 aromatic heterocycles. The zero-order valence-corrected chi connectivity index (χ0v) is 12.6. The number of benzene rings is 2. The Morgan fingerprint density at radius 1 is 1.09 bits per heavy atom. The molecular formula is C18H15FN2O2. The van der Waals surface area contributed by atoms with Gasteiger partial charge in [-0.2, -0.15) is 10.2 Å². The average molecular weight is 310 g/mol. The molecule has 2 aromatic rings. The van der Waals surface area contributed by atoms with Gasteiger partial charge in [0.05, 0.1) is 12.4 Å². The maximum atomic E-state index is 13.1. The van der Waals surface area contributed by atoms with Crippen LogP contribution in [-0.4, -0.2) is 18.4 Å². The first-order chi connectivity index (χ1) is 11.1. The minimum absolute atomic E-state index is 0.247. The minimum atomic E-state index is -0.509. The van der Waals surface area contributed by atoms with E-state index in [0.717, 1.165) is 17.2 Å². The maximum absolute atomic E-state index is 13.1. The fourth-order valence-corrected chi connectivity index (χ4v) is 1.73. The highest BCUT2D eigenvalue weighted by Gasteiger charge is 1.99. The number of halogens is 1. The van der Waals surface area contributed by atoms with Gasteiger partial charge in [-0.3, -0.25) is 0 Å². The summed E-state index contributed by atoms with van der Waals surface area (Å²) in [5.41, 5.74) is 2.13. The molecule has 0 fully saturated rings. The van der Waals surface area contributed by atoms with E-state index in [2.05, 4.69) is 16.8 Å². The Morgan fingerprint density at radius 3 is 2.30 bits per heavy atom. The highest BCUT2D eigenvalue weighted by atomic mass is 19.1. The van der Waals surface area contributed by atoms with Gasteiger partial charge in [0.25, 0.3) is 0 Å². The quantitative estimate of drug-likeness (QED) is 0.278. The molecule has 0 heterocycles. The van der Waals surface area contributed by atoms with Gasteiger partial charge >= 0.3 is 5.97 Å². The van der Waals surface area contributed by atoms with Crippen LogP contribution in [0, 0.1) is 12.7 Å². The predicted octanol–water partition coefficient (Wildman–Crippen LogP) is 3.68. The molecule has 2 aromatic carbocycles. The van der Waals surface area contributed by atoms with E-state index < -0.39 is 5.97 Å². The summed E-state index contributed by atoms with van der Waals surface area (Å²) in [4.78, 5) is 11.0. The predicted molar refractivity (Wildman–Crippen MR) is 88.6 cm³/mol.